The number of aromatic amines is 1. The van der Waals surface area contributed by atoms with Gasteiger partial charge in [0.05, 0.1) is 16.7 Å². The molecular formula is C23H28FN7O2. The van der Waals surface area contributed by atoms with Gasteiger partial charge in [-0.2, -0.15) is 4.39 Å². The second kappa shape index (κ2) is 9.63. The summed E-state index contributed by atoms with van der Waals surface area (Å²) < 4.78 is 14.6. The molecule has 33 heavy (non-hydrogen) atoms. The second-order valence-electron chi connectivity index (χ2n) is 8.36. The Labute approximate surface area is 191 Å². The van der Waals surface area contributed by atoms with E-state index < -0.39 is 11.9 Å². The highest BCUT2D eigenvalue weighted by atomic mass is 19.1. The molecule has 0 spiro atoms. The van der Waals surface area contributed by atoms with Crippen molar-refractivity contribution in [2.24, 2.45) is 0 Å². The molecule has 0 aromatic carbocycles. The molecule has 1 saturated heterocycles. The van der Waals surface area contributed by atoms with Crippen molar-refractivity contribution in [3.63, 3.8) is 0 Å². The molecule has 0 saturated carbocycles. The van der Waals surface area contributed by atoms with E-state index in [1.54, 1.807) is 20.2 Å². The molecular weight excluding hydrogens is 425 g/mol. The lowest BCUT2D eigenvalue weighted by Crippen LogP contribution is -2.46. The quantitative estimate of drug-likeness (QED) is 0.432. The smallest absolute Gasteiger partial charge is 0.284 e. The fourth-order valence-electron chi connectivity index (χ4n) is 3.97. The minimum absolute atomic E-state index is 0.0384. The van der Waals surface area contributed by atoms with Gasteiger partial charge in [-0.3, -0.25) is 24.9 Å². The van der Waals surface area contributed by atoms with E-state index >= 15 is 0 Å². The number of carbonyl (C=O) groups excluding carboxylic acids is 1. The van der Waals surface area contributed by atoms with Gasteiger partial charge >= 0.3 is 0 Å². The topological polar surface area (TPSA) is 97.5 Å². The summed E-state index contributed by atoms with van der Waals surface area (Å²) in [6.07, 6.45) is 2.51. The highest BCUT2D eigenvalue weighted by Crippen LogP contribution is 2.21. The molecule has 0 unspecified atom stereocenters. The van der Waals surface area contributed by atoms with Crippen molar-refractivity contribution < 1.29 is 9.18 Å². The van der Waals surface area contributed by atoms with E-state index in [1.165, 1.54) is 11.1 Å². The lowest BCUT2D eigenvalue weighted by molar-refractivity contribution is 0.0850. The lowest BCUT2D eigenvalue weighted by atomic mass is 10.1. The van der Waals surface area contributed by atoms with E-state index in [0.717, 1.165) is 35.2 Å². The van der Waals surface area contributed by atoms with Gasteiger partial charge in [0.25, 0.3) is 11.5 Å². The second-order valence-corrected chi connectivity index (χ2v) is 8.36. The van der Waals surface area contributed by atoms with E-state index in [1.807, 2.05) is 30.2 Å². The molecule has 0 atom stereocenters. The Balaban J connectivity index is 1.39. The van der Waals surface area contributed by atoms with Crippen molar-refractivity contribution >= 4 is 22.6 Å². The van der Waals surface area contributed by atoms with Crippen molar-refractivity contribution in [2.45, 2.75) is 19.9 Å². The van der Waals surface area contributed by atoms with Gasteiger partial charge in [-0.25, -0.2) is 9.99 Å². The van der Waals surface area contributed by atoms with Crippen LogP contribution in [0, 0.1) is 5.95 Å². The Morgan fingerprint density at radius 2 is 1.97 bits per heavy atom. The first kappa shape index (κ1) is 22.8. The van der Waals surface area contributed by atoms with Crippen LogP contribution in [0.15, 0.2) is 35.3 Å². The SMILES string of the molecule is CCc1cc2ncc(CN3CCN(c4ccc(C(=O)NN(C)C)nc4F)CC3)cc2[nH]c1=O. The first-order chi connectivity index (χ1) is 15.8. The number of aryl methyl sites for hydroxylation is 1. The first-order valence-electron chi connectivity index (χ1n) is 11.0. The number of fused-ring (bicyclic) bond motifs is 1. The fraction of sp³-hybridized carbons (Fsp3) is 0.391. The third-order valence-electron chi connectivity index (χ3n) is 5.71. The van der Waals surface area contributed by atoms with E-state index in [0.29, 0.717) is 31.7 Å². The molecule has 0 aliphatic carbocycles. The van der Waals surface area contributed by atoms with Gasteiger partial charge in [-0.05, 0) is 36.2 Å². The standard InChI is InChI=1S/C23H28FN7O2/c1-4-16-12-18-19(27-22(16)32)11-15(13-25-18)14-30-7-9-31(10-8-30)20-6-5-17(26-21(20)24)23(33)28-29(2)3/h5-6,11-13H,4,7-10,14H2,1-3H3,(H,27,32)(H,28,33). The molecule has 10 heteroatoms. The fourth-order valence-corrected chi connectivity index (χ4v) is 3.97. The molecule has 4 heterocycles. The number of aromatic nitrogens is 3. The normalized spacial score (nSPS) is 14.8. The number of carbonyl (C=O) groups is 1. The van der Waals surface area contributed by atoms with Gasteiger partial charge in [0.1, 0.15) is 5.69 Å². The summed E-state index contributed by atoms with van der Waals surface area (Å²) in [5.74, 6) is -1.10. The van der Waals surface area contributed by atoms with Gasteiger partial charge in [-0.15, -0.1) is 0 Å². The first-order valence-corrected chi connectivity index (χ1v) is 11.0. The van der Waals surface area contributed by atoms with Crippen molar-refractivity contribution in [2.75, 3.05) is 45.2 Å². The molecule has 174 valence electrons. The minimum Gasteiger partial charge on any atom is -0.365 e. The number of hydrazine groups is 1. The molecule has 2 N–H and O–H groups in total. The summed E-state index contributed by atoms with van der Waals surface area (Å²) >= 11 is 0. The van der Waals surface area contributed by atoms with Gasteiger partial charge in [0.15, 0.2) is 0 Å². The number of piperazine rings is 1. The van der Waals surface area contributed by atoms with Gasteiger partial charge < -0.3 is 9.88 Å². The van der Waals surface area contributed by atoms with Gasteiger partial charge in [0, 0.05) is 58.6 Å². The Bertz CT molecular complexity index is 1220. The monoisotopic (exact) mass is 453 g/mol. The van der Waals surface area contributed by atoms with Crippen LogP contribution in [0.1, 0.15) is 28.5 Å². The third kappa shape index (κ3) is 5.18. The molecule has 0 bridgehead atoms. The zero-order valence-corrected chi connectivity index (χ0v) is 19.1. The number of hydrogen-bond donors (Lipinski definition) is 2. The molecule has 1 amide bonds. The Kier molecular flexibility index (Phi) is 6.66. The van der Waals surface area contributed by atoms with Crippen LogP contribution >= 0.6 is 0 Å². The average Bonchev–Trinajstić information content (AvgIpc) is 2.78. The minimum atomic E-state index is -0.649. The van der Waals surface area contributed by atoms with Crippen LogP contribution in [0.3, 0.4) is 0 Å². The van der Waals surface area contributed by atoms with E-state index in [-0.39, 0.29) is 11.3 Å². The third-order valence-corrected chi connectivity index (χ3v) is 5.71. The van der Waals surface area contributed by atoms with Crippen LogP contribution < -0.4 is 15.9 Å². The zero-order chi connectivity index (χ0) is 23.5. The molecule has 9 nitrogen and oxygen atoms in total. The lowest BCUT2D eigenvalue weighted by Gasteiger charge is -2.36. The van der Waals surface area contributed by atoms with Crippen molar-refractivity contribution in [1.82, 2.24) is 30.3 Å². The van der Waals surface area contributed by atoms with Gasteiger partial charge in [0.2, 0.25) is 5.95 Å². The maximum Gasteiger partial charge on any atom is 0.284 e. The van der Waals surface area contributed by atoms with Crippen LogP contribution in [0.25, 0.3) is 11.0 Å². The average molecular weight is 454 g/mol. The molecule has 4 rings (SSSR count). The summed E-state index contributed by atoms with van der Waals surface area (Å²) in [5, 5.41) is 1.49. The van der Waals surface area contributed by atoms with E-state index in [2.05, 4.69) is 25.3 Å². The molecule has 1 aliphatic rings. The molecule has 3 aromatic rings. The number of H-pyrrole nitrogens is 1. The number of anilines is 1. The van der Waals surface area contributed by atoms with Crippen LogP contribution in [0.4, 0.5) is 10.1 Å². The Morgan fingerprint density at radius 1 is 1.21 bits per heavy atom. The Morgan fingerprint density at radius 3 is 2.64 bits per heavy atom. The number of nitrogens with zero attached hydrogens (tertiary/aromatic N) is 5. The van der Waals surface area contributed by atoms with Crippen molar-refractivity contribution in [3.05, 3.63) is 63.6 Å². The number of halogens is 1. The number of nitrogens with one attached hydrogen (secondary N) is 2. The summed E-state index contributed by atoms with van der Waals surface area (Å²) in [4.78, 5) is 39.6. The molecule has 1 aliphatic heterocycles. The zero-order valence-electron chi connectivity index (χ0n) is 19.1. The van der Waals surface area contributed by atoms with Crippen molar-refractivity contribution in [1.29, 1.82) is 0 Å². The summed E-state index contributed by atoms with van der Waals surface area (Å²) in [5.41, 5.74) is 6.18. The molecule has 1 fully saturated rings. The summed E-state index contributed by atoms with van der Waals surface area (Å²) in [6.45, 7) is 5.40. The van der Waals surface area contributed by atoms with Crippen LogP contribution in [-0.4, -0.2) is 71.0 Å². The van der Waals surface area contributed by atoms with E-state index in [4.69, 9.17) is 0 Å². The summed E-state index contributed by atoms with van der Waals surface area (Å²) in [6, 6.07) is 6.96. The van der Waals surface area contributed by atoms with Crippen molar-refractivity contribution in [3.8, 4) is 0 Å². The van der Waals surface area contributed by atoms with E-state index in [9.17, 15) is 14.0 Å². The highest BCUT2D eigenvalue weighted by molar-refractivity contribution is 5.92. The van der Waals surface area contributed by atoms with Crippen LogP contribution in [0.5, 0.6) is 0 Å². The van der Waals surface area contributed by atoms with Crippen LogP contribution in [0.2, 0.25) is 0 Å². The number of amides is 1. The molecule has 3 aromatic heterocycles. The number of pyridine rings is 3. The number of rotatable bonds is 6. The largest absolute Gasteiger partial charge is 0.365 e. The number of hydrogen-bond acceptors (Lipinski definition) is 7. The summed E-state index contributed by atoms with van der Waals surface area (Å²) in [7, 11) is 3.36. The highest BCUT2D eigenvalue weighted by Gasteiger charge is 2.22. The predicted octanol–water partition coefficient (Wildman–Crippen LogP) is 1.55. The maximum absolute atomic E-state index is 14.6. The predicted molar refractivity (Wildman–Crippen MR) is 125 cm³/mol. The van der Waals surface area contributed by atoms with Crippen LogP contribution in [-0.2, 0) is 13.0 Å². The maximum atomic E-state index is 14.6. The molecule has 0 radical (unpaired) electrons. The Hall–Kier alpha value is -3.37. The van der Waals surface area contributed by atoms with Gasteiger partial charge in [-0.1, -0.05) is 6.92 Å².